The summed E-state index contributed by atoms with van der Waals surface area (Å²) in [5.74, 6) is 0.472. The molecule has 9 heteroatoms. The summed E-state index contributed by atoms with van der Waals surface area (Å²) in [4.78, 5) is 17.7. The van der Waals surface area contributed by atoms with Gasteiger partial charge < -0.3 is 5.32 Å². The fourth-order valence-corrected chi connectivity index (χ4v) is 4.16. The Bertz CT molecular complexity index is 1120. The molecule has 136 valence electrons. The Hall–Kier alpha value is -2.52. The van der Waals surface area contributed by atoms with Crippen LogP contribution in [0.15, 0.2) is 46.5 Å². The number of hydrogen-bond donors (Lipinski definition) is 1. The number of carbonyl (C=O) groups excluding carboxylic acids is 1. The third-order valence-electron chi connectivity index (χ3n) is 4.59. The summed E-state index contributed by atoms with van der Waals surface area (Å²) >= 11 is 5.04. The van der Waals surface area contributed by atoms with Crippen molar-refractivity contribution in [2.75, 3.05) is 0 Å². The topological polar surface area (TPSA) is 77.1 Å². The minimum atomic E-state index is -0.287. The van der Waals surface area contributed by atoms with Crippen LogP contribution in [0.1, 0.15) is 30.1 Å². The van der Waals surface area contributed by atoms with Crippen molar-refractivity contribution in [1.29, 1.82) is 0 Å². The number of imidazole rings is 1. The molecule has 1 amide bonds. The highest BCUT2D eigenvalue weighted by atomic mass is 79.9. The van der Waals surface area contributed by atoms with Crippen LogP contribution in [0.4, 0.5) is 4.79 Å². The number of hydrogen-bond acceptors (Lipinski definition) is 5. The Labute approximate surface area is 167 Å². The molecule has 1 aliphatic rings. The van der Waals surface area contributed by atoms with Crippen LogP contribution in [-0.2, 0) is 6.54 Å². The van der Waals surface area contributed by atoms with E-state index in [2.05, 4.69) is 58.5 Å². The largest absolute Gasteiger partial charge is 0.343 e. The van der Waals surface area contributed by atoms with Crippen molar-refractivity contribution in [3.05, 3.63) is 57.9 Å². The normalized spacial score (nSPS) is 14.0. The van der Waals surface area contributed by atoms with Gasteiger partial charge in [-0.3, -0.25) is 4.40 Å². The van der Waals surface area contributed by atoms with E-state index in [-0.39, 0.29) is 6.03 Å². The first-order valence-electron chi connectivity index (χ1n) is 8.59. The predicted molar refractivity (Wildman–Crippen MR) is 106 cm³/mol. The second kappa shape index (κ2) is 6.58. The Morgan fingerprint density at radius 3 is 2.89 bits per heavy atom. The van der Waals surface area contributed by atoms with E-state index in [4.69, 9.17) is 0 Å². The van der Waals surface area contributed by atoms with E-state index in [1.54, 1.807) is 23.7 Å². The molecule has 1 N–H and O–H groups in total. The standard InChI is InChI=1S/C18H15BrN6OS/c19-13-5-3-12(4-6-13)16-10-27-18-21-8-14(25(16)18)7-20-17(26)24-9-15(22-23-24)11-1-2-11/h3-6,8-11H,1-2,7H2,(H,20,26). The van der Waals surface area contributed by atoms with Gasteiger partial charge in [0.05, 0.1) is 36.0 Å². The minimum Gasteiger partial charge on any atom is -0.331 e. The molecule has 0 unspecified atom stereocenters. The molecule has 1 aliphatic carbocycles. The van der Waals surface area contributed by atoms with Crippen LogP contribution in [0.3, 0.4) is 0 Å². The van der Waals surface area contributed by atoms with Gasteiger partial charge in [-0.25, -0.2) is 9.78 Å². The maximum atomic E-state index is 12.4. The number of nitrogens with zero attached hydrogens (tertiary/aromatic N) is 5. The van der Waals surface area contributed by atoms with Crippen molar-refractivity contribution in [3.63, 3.8) is 0 Å². The number of nitrogens with one attached hydrogen (secondary N) is 1. The van der Waals surface area contributed by atoms with Crippen LogP contribution < -0.4 is 5.32 Å². The van der Waals surface area contributed by atoms with Gasteiger partial charge in [0.15, 0.2) is 4.96 Å². The number of fused-ring (bicyclic) bond motifs is 1. The first-order valence-corrected chi connectivity index (χ1v) is 10.3. The van der Waals surface area contributed by atoms with Crippen LogP contribution in [0.25, 0.3) is 16.2 Å². The summed E-state index contributed by atoms with van der Waals surface area (Å²) in [6.45, 7) is 0.360. The van der Waals surface area contributed by atoms with Gasteiger partial charge in [0, 0.05) is 15.8 Å². The maximum Gasteiger partial charge on any atom is 0.343 e. The summed E-state index contributed by atoms with van der Waals surface area (Å²) in [6.07, 6.45) is 5.78. The van der Waals surface area contributed by atoms with Gasteiger partial charge in [-0.1, -0.05) is 33.3 Å². The van der Waals surface area contributed by atoms with Crippen LogP contribution >= 0.6 is 27.3 Å². The molecule has 1 saturated carbocycles. The highest BCUT2D eigenvalue weighted by molar-refractivity contribution is 9.10. The van der Waals surface area contributed by atoms with Crippen LogP contribution in [0, 0.1) is 0 Å². The summed E-state index contributed by atoms with van der Waals surface area (Å²) in [6, 6.07) is 7.86. The lowest BCUT2D eigenvalue weighted by Gasteiger charge is -2.06. The molecule has 1 fully saturated rings. The SMILES string of the molecule is O=C(NCc1cnc2scc(-c3ccc(Br)cc3)n12)n1cc(C2CC2)nn1. The van der Waals surface area contributed by atoms with E-state index in [1.165, 1.54) is 4.68 Å². The van der Waals surface area contributed by atoms with Crippen molar-refractivity contribution in [1.82, 2.24) is 29.7 Å². The summed E-state index contributed by atoms with van der Waals surface area (Å²) in [5, 5.41) is 13.0. The van der Waals surface area contributed by atoms with E-state index < -0.39 is 0 Å². The van der Waals surface area contributed by atoms with E-state index in [1.807, 2.05) is 12.1 Å². The lowest BCUT2D eigenvalue weighted by atomic mass is 10.2. The third-order valence-corrected chi connectivity index (χ3v) is 5.96. The lowest BCUT2D eigenvalue weighted by Crippen LogP contribution is -2.29. The fourth-order valence-electron chi connectivity index (χ4n) is 3.00. The van der Waals surface area contributed by atoms with E-state index in [0.717, 1.165) is 44.9 Å². The molecule has 0 atom stereocenters. The average Bonchev–Trinajstić information content (AvgIpc) is 3.09. The number of benzene rings is 1. The molecule has 0 radical (unpaired) electrons. The van der Waals surface area contributed by atoms with Crippen molar-refractivity contribution < 1.29 is 4.79 Å². The zero-order chi connectivity index (χ0) is 18.4. The Balaban J connectivity index is 1.37. The zero-order valence-corrected chi connectivity index (χ0v) is 16.6. The number of carbonyl (C=O) groups is 1. The monoisotopic (exact) mass is 442 g/mol. The third kappa shape index (κ3) is 3.17. The molecular formula is C18H15BrN6OS. The average molecular weight is 443 g/mol. The Morgan fingerprint density at radius 2 is 2.11 bits per heavy atom. The van der Waals surface area contributed by atoms with Gasteiger partial charge in [0.2, 0.25) is 0 Å². The zero-order valence-electron chi connectivity index (χ0n) is 14.2. The highest BCUT2D eigenvalue weighted by Crippen LogP contribution is 2.38. The van der Waals surface area contributed by atoms with Crippen molar-refractivity contribution in [2.24, 2.45) is 0 Å². The molecule has 5 rings (SSSR count). The smallest absolute Gasteiger partial charge is 0.331 e. The van der Waals surface area contributed by atoms with Crippen LogP contribution in [0.5, 0.6) is 0 Å². The molecule has 0 bridgehead atoms. The van der Waals surface area contributed by atoms with Gasteiger partial charge in [0.25, 0.3) is 0 Å². The van der Waals surface area contributed by atoms with E-state index >= 15 is 0 Å². The molecule has 4 aromatic rings. The van der Waals surface area contributed by atoms with Gasteiger partial charge in [-0.2, -0.15) is 4.68 Å². The number of rotatable bonds is 4. The van der Waals surface area contributed by atoms with Gasteiger partial charge in [-0.05, 0) is 30.5 Å². The summed E-state index contributed by atoms with van der Waals surface area (Å²) < 4.78 is 4.38. The minimum absolute atomic E-state index is 0.287. The molecule has 0 aliphatic heterocycles. The molecule has 0 spiro atoms. The van der Waals surface area contributed by atoms with E-state index in [0.29, 0.717) is 12.5 Å². The number of aromatic nitrogens is 5. The van der Waals surface area contributed by atoms with Gasteiger partial charge in [-0.15, -0.1) is 16.4 Å². The fraction of sp³-hybridized carbons (Fsp3) is 0.222. The number of thiazole rings is 1. The number of halogens is 1. The summed E-state index contributed by atoms with van der Waals surface area (Å²) in [5.41, 5.74) is 3.97. The first kappa shape index (κ1) is 16.6. The maximum absolute atomic E-state index is 12.4. The Kier molecular flexibility index (Phi) is 4.05. The molecule has 0 saturated heterocycles. The molecule has 7 nitrogen and oxygen atoms in total. The molecule has 3 aromatic heterocycles. The van der Waals surface area contributed by atoms with Crippen molar-refractivity contribution >= 4 is 38.3 Å². The molecule has 3 heterocycles. The first-order chi connectivity index (χ1) is 13.2. The summed E-state index contributed by atoms with van der Waals surface area (Å²) in [7, 11) is 0. The van der Waals surface area contributed by atoms with Gasteiger partial charge in [0.1, 0.15) is 0 Å². The van der Waals surface area contributed by atoms with Crippen molar-refractivity contribution in [2.45, 2.75) is 25.3 Å². The highest BCUT2D eigenvalue weighted by Gasteiger charge is 2.27. The molecular weight excluding hydrogens is 428 g/mol. The van der Waals surface area contributed by atoms with Crippen LogP contribution in [-0.4, -0.2) is 30.4 Å². The molecule has 27 heavy (non-hydrogen) atoms. The number of amides is 1. The van der Waals surface area contributed by atoms with Crippen molar-refractivity contribution in [3.8, 4) is 11.3 Å². The Morgan fingerprint density at radius 1 is 1.30 bits per heavy atom. The molecule has 1 aromatic carbocycles. The quantitative estimate of drug-likeness (QED) is 0.516. The second-order valence-corrected chi connectivity index (χ2v) is 8.27. The predicted octanol–water partition coefficient (Wildman–Crippen LogP) is 4.05. The lowest BCUT2D eigenvalue weighted by molar-refractivity contribution is 0.238. The van der Waals surface area contributed by atoms with Crippen LogP contribution in [0.2, 0.25) is 0 Å². The van der Waals surface area contributed by atoms with Gasteiger partial charge >= 0.3 is 6.03 Å². The van der Waals surface area contributed by atoms with E-state index in [9.17, 15) is 4.79 Å². The second-order valence-electron chi connectivity index (χ2n) is 6.52.